The number of anilines is 1. The van der Waals surface area contributed by atoms with E-state index in [9.17, 15) is 13.6 Å². The molecule has 3 aromatic rings. The topological polar surface area (TPSA) is 60.7 Å². The van der Waals surface area contributed by atoms with E-state index in [0.29, 0.717) is 22.9 Å². The van der Waals surface area contributed by atoms with E-state index in [2.05, 4.69) is 23.9 Å². The summed E-state index contributed by atoms with van der Waals surface area (Å²) in [5.74, 6) is 1.43. The van der Waals surface area contributed by atoms with E-state index in [0.717, 1.165) is 12.2 Å². The summed E-state index contributed by atoms with van der Waals surface area (Å²) in [6.45, 7) is 3.30. The Morgan fingerprint density at radius 1 is 1.06 bits per heavy atom. The van der Waals surface area contributed by atoms with E-state index >= 15 is 0 Å². The minimum absolute atomic E-state index is 0.0279. The minimum Gasteiger partial charge on any atom is -0.486 e. The third kappa shape index (κ3) is 6.07. The molecule has 1 atom stereocenters. The van der Waals surface area contributed by atoms with Gasteiger partial charge in [-0.1, -0.05) is 26.0 Å². The summed E-state index contributed by atoms with van der Waals surface area (Å²) in [6, 6.07) is 15.5. The molecule has 0 aliphatic heterocycles. The molecule has 0 bridgehead atoms. The van der Waals surface area contributed by atoms with Gasteiger partial charge in [-0.15, -0.1) is 0 Å². The Morgan fingerprint density at radius 3 is 2.42 bits per heavy atom. The van der Waals surface area contributed by atoms with Gasteiger partial charge in [0.1, 0.15) is 23.9 Å². The number of carbonyl (C=O) groups excluding carboxylic acids is 1. The van der Waals surface area contributed by atoms with Crippen LogP contribution in [0, 0.1) is 6.92 Å². The molecule has 0 spiro atoms. The highest BCUT2D eigenvalue weighted by atomic mass is 19.3. The Bertz CT molecular complexity index is 1010. The summed E-state index contributed by atoms with van der Waals surface area (Å²) < 4.78 is 40.3. The summed E-state index contributed by atoms with van der Waals surface area (Å²) in [5.41, 5.74) is 2.32. The number of nitrogens with one attached hydrogen (secondary N) is 1. The highest BCUT2D eigenvalue weighted by Crippen LogP contribution is 2.24. The number of amides is 1. The van der Waals surface area contributed by atoms with Gasteiger partial charge in [0, 0.05) is 5.69 Å². The van der Waals surface area contributed by atoms with Crippen LogP contribution in [0.4, 0.5) is 14.5 Å². The molecule has 1 N–H and O–H groups in total. The summed E-state index contributed by atoms with van der Waals surface area (Å²) in [5, 5.41) is 2.70. The summed E-state index contributed by atoms with van der Waals surface area (Å²) in [4.78, 5) is 12.4. The zero-order chi connectivity index (χ0) is 22.4. The Morgan fingerprint density at radius 2 is 1.77 bits per heavy atom. The molecule has 1 unspecified atom stereocenters. The molecule has 7 heteroatoms. The zero-order valence-corrected chi connectivity index (χ0v) is 17.7. The molecule has 0 radical (unpaired) electrons. The fraction of sp³-hybridized carbons (Fsp3) is 0.292. The van der Waals surface area contributed by atoms with Gasteiger partial charge in [-0.05, 0) is 72.9 Å². The number of alkyl halides is 2. The maximum absolute atomic E-state index is 12.4. The minimum atomic E-state index is -2.90. The smallest absolute Gasteiger partial charge is 0.387 e. The molecule has 3 rings (SSSR count). The van der Waals surface area contributed by atoms with E-state index in [4.69, 9.17) is 9.15 Å². The van der Waals surface area contributed by atoms with Gasteiger partial charge in [-0.25, -0.2) is 0 Å². The molecular formula is C24H25F2NO4. The van der Waals surface area contributed by atoms with E-state index in [1.54, 1.807) is 19.1 Å². The van der Waals surface area contributed by atoms with Crippen LogP contribution in [-0.2, 0) is 6.61 Å². The standard InChI is InChI=1S/C24H25F2NO4/c1-4-15(2)17-5-7-18(8-6-17)29-14-20-10-12-22(30-20)23(28)27-21-11-9-19(13-16(21)3)31-24(25)26/h5-13,15,24H,4,14H2,1-3H3,(H,27,28). The predicted molar refractivity (Wildman–Crippen MR) is 114 cm³/mol. The molecule has 0 saturated heterocycles. The molecule has 5 nitrogen and oxygen atoms in total. The van der Waals surface area contributed by atoms with Crippen molar-refractivity contribution >= 4 is 11.6 Å². The van der Waals surface area contributed by atoms with Crippen LogP contribution in [0.1, 0.15) is 53.6 Å². The zero-order valence-electron chi connectivity index (χ0n) is 17.7. The van der Waals surface area contributed by atoms with Crippen molar-refractivity contribution in [2.45, 2.75) is 46.3 Å². The number of rotatable bonds is 9. The monoisotopic (exact) mass is 429 g/mol. The average Bonchev–Trinajstić information content (AvgIpc) is 3.23. The van der Waals surface area contributed by atoms with Crippen LogP contribution in [0.25, 0.3) is 0 Å². The van der Waals surface area contributed by atoms with Crippen LogP contribution in [0.2, 0.25) is 0 Å². The maximum Gasteiger partial charge on any atom is 0.387 e. The van der Waals surface area contributed by atoms with E-state index in [1.165, 1.54) is 23.8 Å². The van der Waals surface area contributed by atoms with E-state index in [1.807, 2.05) is 24.3 Å². The Kier molecular flexibility index (Phi) is 7.28. The van der Waals surface area contributed by atoms with Crippen molar-refractivity contribution in [2.75, 3.05) is 5.32 Å². The van der Waals surface area contributed by atoms with Crippen molar-refractivity contribution in [3.8, 4) is 11.5 Å². The number of carbonyl (C=O) groups is 1. The van der Waals surface area contributed by atoms with Gasteiger partial charge in [0.15, 0.2) is 5.76 Å². The van der Waals surface area contributed by atoms with Gasteiger partial charge < -0.3 is 19.2 Å². The maximum atomic E-state index is 12.4. The van der Waals surface area contributed by atoms with Crippen LogP contribution >= 0.6 is 0 Å². The van der Waals surface area contributed by atoms with Crippen LogP contribution in [0.15, 0.2) is 59.0 Å². The van der Waals surface area contributed by atoms with Crippen LogP contribution < -0.4 is 14.8 Å². The van der Waals surface area contributed by atoms with Gasteiger partial charge in [-0.2, -0.15) is 8.78 Å². The van der Waals surface area contributed by atoms with Crippen molar-refractivity contribution in [3.63, 3.8) is 0 Å². The normalized spacial score (nSPS) is 11.9. The number of benzene rings is 2. The van der Waals surface area contributed by atoms with Gasteiger partial charge in [0.05, 0.1) is 0 Å². The van der Waals surface area contributed by atoms with Gasteiger partial charge in [0.25, 0.3) is 5.91 Å². The third-order valence-corrected chi connectivity index (χ3v) is 5.00. The lowest BCUT2D eigenvalue weighted by Gasteiger charge is -2.10. The van der Waals surface area contributed by atoms with Gasteiger partial charge >= 0.3 is 6.61 Å². The first-order valence-electron chi connectivity index (χ1n) is 10.0. The Labute approximate surface area is 180 Å². The molecule has 0 fully saturated rings. The first-order chi connectivity index (χ1) is 14.9. The van der Waals surface area contributed by atoms with Crippen molar-refractivity contribution in [3.05, 3.63) is 77.2 Å². The van der Waals surface area contributed by atoms with Crippen LogP contribution in [-0.4, -0.2) is 12.5 Å². The fourth-order valence-corrected chi connectivity index (χ4v) is 3.00. The summed E-state index contributed by atoms with van der Waals surface area (Å²) in [6.07, 6.45) is 1.07. The molecule has 1 amide bonds. The first kappa shape index (κ1) is 22.3. The molecule has 1 aromatic heterocycles. The molecule has 0 saturated carbocycles. The van der Waals surface area contributed by atoms with Gasteiger partial charge in [-0.3, -0.25) is 4.79 Å². The SMILES string of the molecule is CCC(C)c1ccc(OCc2ccc(C(=O)Nc3ccc(OC(F)F)cc3C)o2)cc1. The molecular weight excluding hydrogens is 404 g/mol. The molecule has 2 aromatic carbocycles. The average molecular weight is 429 g/mol. The Balaban J connectivity index is 1.57. The number of hydrogen-bond donors (Lipinski definition) is 1. The second-order valence-electron chi connectivity index (χ2n) is 7.24. The molecule has 0 aliphatic rings. The Hall–Kier alpha value is -3.35. The van der Waals surface area contributed by atoms with E-state index < -0.39 is 12.5 Å². The summed E-state index contributed by atoms with van der Waals surface area (Å²) in [7, 11) is 0. The molecule has 0 aliphatic carbocycles. The third-order valence-electron chi connectivity index (χ3n) is 5.00. The molecule has 1 heterocycles. The van der Waals surface area contributed by atoms with Crippen molar-refractivity contribution in [1.29, 1.82) is 0 Å². The van der Waals surface area contributed by atoms with E-state index in [-0.39, 0.29) is 18.1 Å². The first-order valence-corrected chi connectivity index (χ1v) is 10.0. The number of furan rings is 1. The number of ether oxygens (including phenoxy) is 2. The highest BCUT2D eigenvalue weighted by Gasteiger charge is 2.14. The highest BCUT2D eigenvalue weighted by molar-refractivity contribution is 6.02. The van der Waals surface area contributed by atoms with Crippen molar-refractivity contribution in [1.82, 2.24) is 0 Å². The lowest BCUT2D eigenvalue weighted by Crippen LogP contribution is -2.12. The lowest BCUT2D eigenvalue weighted by atomic mass is 9.99. The molecule has 164 valence electrons. The second kappa shape index (κ2) is 10.1. The predicted octanol–water partition coefficient (Wildman–Crippen LogP) is 6.53. The largest absolute Gasteiger partial charge is 0.486 e. The van der Waals surface area contributed by atoms with Crippen molar-refractivity contribution < 1.29 is 27.5 Å². The number of halogens is 2. The van der Waals surface area contributed by atoms with Crippen molar-refractivity contribution in [2.24, 2.45) is 0 Å². The van der Waals surface area contributed by atoms with Crippen LogP contribution in [0.3, 0.4) is 0 Å². The number of aryl methyl sites for hydroxylation is 1. The second-order valence-corrected chi connectivity index (χ2v) is 7.24. The quantitative estimate of drug-likeness (QED) is 0.420. The lowest BCUT2D eigenvalue weighted by molar-refractivity contribution is -0.0498. The summed E-state index contributed by atoms with van der Waals surface area (Å²) >= 11 is 0. The van der Waals surface area contributed by atoms with Crippen LogP contribution in [0.5, 0.6) is 11.5 Å². The number of hydrogen-bond acceptors (Lipinski definition) is 4. The van der Waals surface area contributed by atoms with Gasteiger partial charge in [0.2, 0.25) is 0 Å². The molecule has 31 heavy (non-hydrogen) atoms. The fourth-order valence-electron chi connectivity index (χ4n) is 3.00.